The number of thiazole rings is 1. The second-order valence-corrected chi connectivity index (χ2v) is 6.23. The van der Waals surface area contributed by atoms with Gasteiger partial charge in [-0.05, 0) is 32.2 Å². The molecule has 19 heavy (non-hydrogen) atoms. The highest BCUT2D eigenvalue weighted by molar-refractivity contribution is 7.15. The number of rotatable bonds is 7. The van der Waals surface area contributed by atoms with E-state index in [9.17, 15) is 0 Å². The van der Waals surface area contributed by atoms with Crippen LogP contribution >= 0.6 is 11.3 Å². The number of nitrogens with one attached hydrogen (secondary N) is 1. The van der Waals surface area contributed by atoms with Crippen molar-refractivity contribution < 1.29 is 0 Å². The Morgan fingerprint density at radius 2 is 2.37 bits per heavy atom. The zero-order valence-corrected chi connectivity index (χ0v) is 12.5. The van der Waals surface area contributed by atoms with E-state index in [0.717, 1.165) is 24.0 Å². The van der Waals surface area contributed by atoms with Crippen LogP contribution in [0, 0.1) is 5.92 Å². The minimum atomic E-state index is 0.873. The van der Waals surface area contributed by atoms with E-state index in [4.69, 9.17) is 4.98 Å². The molecule has 0 aliphatic heterocycles. The molecule has 2 heterocycles. The molecule has 0 spiro atoms. The molecule has 2 aromatic rings. The summed E-state index contributed by atoms with van der Waals surface area (Å²) in [7, 11) is 2.00. The first-order valence-electron chi connectivity index (χ1n) is 7.17. The van der Waals surface area contributed by atoms with E-state index in [-0.39, 0.29) is 0 Å². The molecule has 0 aromatic carbocycles. The van der Waals surface area contributed by atoms with Crippen molar-refractivity contribution in [2.45, 2.75) is 32.7 Å². The first kappa shape index (κ1) is 12.9. The molecule has 0 amide bonds. The van der Waals surface area contributed by atoms with Crippen molar-refractivity contribution in [1.82, 2.24) is 14.7 Å². The van der Waals surface area contributed by atoms with Crippen molar-refractivity contribution in [2.75, 3.05) is 25.0 Å². The molecule has 4 nitrogen and oxygen atoms in total. The summed E-state index contributed by atoms with van der Waals surface area (Å²) in [5, 5.41) is 5.38. The van der Waals surface area contributed by atoms with Crippen LogP contribution in [0.3, 0.4) is 0 Å². The molecule has 1 aliphatic rings. The van der Waals surface area contributed by atoms with E-state index in [1.165, 1.54) is 37.3 Å². The number of fused-ring (bicyclic) bond motifs is 1. The van der Waals surface area contributed by atoms with Gasteiger partial charge in [0.1, 0.15) is 0 Å². The fourth-order valence-corrected chi connectivity index (χ4v) is 3.30. The number of nitrogens with zero attached hydrogens (tertiary/aromatic N) is 3. The van der Waals surface area contributed by atoms with Gasteiger partial charge in [0.15, 0.2) is 10.8 Å². The van der Waals surface area contributed by atoms with Gasteiger partial charge in [-0.3, -0.25) is 4.40 Å². The maximum Gasteiger partial charge on any atom is 0.195 e. The van der Waals surface area contributed by atoms with Gasteiger partial charge in [-0.25, -0.2) is 4.98 Å². The summed E-state index contributed by atoms with van der Waals surface area (Å²) in [4.78, 5) is 8.46. The van der Waals surface area contributed by atoms with Crippen LogP contribution in [0.4, 0.5) is 5.82 Å². The summed E-state index contributed by atoms with van der Waals surface area (Å²) in [6, 6.07) is 0. The fourth-order valence-electron chi connectivity index (χ4n) is 2.57. The lowest BCUT2D eigenvalue weighted by atomic mass is 10.3. The van der Waals surface area contributed by atoms with Crippen LogP contribution in [-0.2, 0) is 6.54 Å². The van der Waals surface area contributed by atoms with E-state index in [1.807, 2.05) is 7.05 Å². The Hall–Kier alpha value is -1.07. The molecule has 3 rings (SSSR count). The summed E-state index contributed by atoms with van der Waals surface area (Å²) < 4.78 is 2.23. The van der Waals surface area contributed by atoms with Gasteiger partial charge in [-0.2, -0.15) is 0 Å². The molecule has 1 N–H and O–H groups in total. The van der Waals surface area contributed by atoms with E-state index in [1.54, 1.807) is 11.3 Å². The van der Waals surface area contributed by atoms with Crippen LogP contribution in [-0.4, -0.2) is 29.5 Å². The molecular weight excluding hydrogens is 256 g/mol. The Kier molecular flexibility index (Phi) is 3.75. The largest absolute Gasteiger partial charge is 0.355 e. The van der Waals surface area contributed by atoms with Gasteiger partial charge in [0.2, 0.25) is 0 Å². The summed E-state index contributed by atoms with van der Waals surface area (Å²) in [5.74, 6) is 2.09. The second kappa shape index (κ2) is 5.51. The average Bonchev–Trinajstić information content (AvgIpc) is 2.99. The standard InChI is InChI=1S/C14H22N4S/c1-3-6-17(10-11-4-5-11)13-12(9-15-2)18-7-8-19-14(18)16-13/h7-8,11,15H,3-6,9-10H2,1-2H3. The quantitative estimate of drug-likeness (QED) is 0.845. The number of anilines is 1. The third-order valence-electron chi connectivity index (χ3n) is 3.65. The van der Waals surface area contributed by atoms with Crippen LogP contribution in [0.5, 0.6) is 0 Å². The molecule has 0 saturated heterocycles. The lowest BCUT2D eigenvalue weighted by Crippen LogP contribution is -2.28. The van der Waals surface area contributed by atoms with Crippen LogP contribution in [0.1, 0.15) is 31.9 Å². The Morgan fingerprint density at radius 1 is 1.53 bits per heavy atom. The van der Waals surface area contributed by atoms with Crippen molar-refractivity contribution in [3.05, 3.63) is 17.3 Å². The smallest absolute Gasteiger partial charge is 0.195 e. The molecule has 1 saturated carbocycles. The minimum absolute atomic E-state index is 0.873. The number of imidazole rings is 1. The van der Waals surface area contributed by atoms with Crippen LogP contribution < -0.4 is 10.2 Å². The highest BCUT2D eigenvalue weighted by Gasteiger charge is 2.27. The summed E-state index contributed by atoms with van der Waals surface area (Å²) in [5.41, 5.74) is 1.30. The van der Waals surface area contributed by atoms with Gasteiger partial charge < -0.3 is 10.2 Å². The molecule has 2 aromatic heterocycles. The maximum atomic E-state index is 4.86. The van der Waals surface area contributed by atoms with Gasteiger partial charge >= 0.3 is 0 Å². The topological polar surface area (TPSA) is 32.6 Å². The van der Waals surface area contributed by atoms with E-state index in [2.05, 4.69) is 33.1 Å². The summed E-state index contributed by atoms with van der Waals surface area (Å²) in [6.07, 6.45) is 6.09. The zero-order chi connectivity index (χ0) is 13.2. The lowest BCUT2D eigenvalue weighted by molar-refractivity contribution is 0.689. The van der Waals surface area contributed by atoms with Crippen molar-refractivity contribution in [2.24, 2.45) is 5.92 Å². The normalized spacial score (nSPS) is 15.3. The molecular formula is C14H22N4S. The SMILES string of the molecule is CCCN(CC1CC1)c1nc2sccn2c1CNC. The predicted octanol–water partition coefficient (Wildman–Crippen LogP) is 2.74. The van der Waals surface area contributed by atoms with Gasteiger partial charge in [-0.1, -0.05) is 6.92 Å². The van der Waals surface area contributed by atoms with Crippen LogP contribution in [0.25, 0.3) is 4.96 Å². The van der Waals surface area contributed by atoms with E-state index in [0.29, 0.717) is 0 Å². The van der Waals surface area contributed by atoms with Crippen LogP contribution in [0.15, 0.2) is 11.6 Å². The Labute approximate surface area is 118 Å². The third-order valence-corrected chi connectivity index (χ3v) is 4.41. The Balaban J connectivity index is 1.94. The number of hydrogen-bond donors (Lipinski definition) is 1. The number of hydrogen-bond acceptors (Lipinski definition) is 4. The molecule has 0 atom stereocenters. The molecule has 0 unspecified atom stereocenters. The van der Waals surface area contributed by atoms with Crippen molar-refractivity contribution >= 4 is 22.1 Å². The average molecular weight is 278 g/mol. The maximum absolute atomic E-state index is 4.86. The molecule has 1 fully saturated rings. The van der Waals surface area contributed by atoms with Crippen molar-refractivity contribution in [3.8, 4) is 0 Å². The minimum Gasteiger partial charge on any atom is -0.355 e. The molecule has 0 bridgehead atoms. The first-order valence-corrected chi connectivity index (χ1v) is 8.05. The second-order valence-electron chi connectivity index (χ2n) is 5.36. The zero-order valence-electron chi connectivity index (χ0n) is 11.7. The van der Waals surface area contributed by atoms with Gasteiger partial charge in [0, 0.05) is 31.2 Å². The van der Waals surface area contributed by atoms with Gasteiger partial charge in [0.25, 0.3) is 0 Å². The first-order chi connectivity index (χ1) is 9.33. The molecule has 5 heteroatoms. The van der Waals surface area contributed by atoms with Gasteiger partial charge in [0.05, 0.1) is 5.69 Å². The van der Waals surface area contributed by atoms with Crippen molar-refractivity contribution in [1.29, 1.82) is 0 Å². The third kappa shape index (κ3) is 2.62. The monoisotopic (exact) mass is 278 g/mol. The fraction of sp³-hybridized carbons (Fsp3) is 0.643. The summed E-state index contributed by atoms with van der Waals surface area (Å²) in [6.45, 7) is 5.40. The predicted molar refractivity (Wildman–Crippen MR) is 81.1 cm³/mol. The van der Waals surface area contributed by atoms with Gasteiger partial charge in [-0.15, -0.1) is 11.3 Å². The highest BCUT2D eigenvalue weighted by Crippen LogP contribution is 2.33. The molecule has 0 radical (unpaired) electrons. The van der Waals surface area contributed by atoms with Crippen molar-refractivity contribution in [3.63, 3.8) is 0 Å². The Bertz CT molecular complexity index is 541. The van der Waals surface area contributed by atoms with E-state index >= 15 is 0 Å². The highest BCUT2D eigenvalue weighted by atomic mass is 32.1. The molecule has 104 valence electrons. The molecule has 1 aliphatic carbocycles. The Morgan fingerprint density at radius 3 is 3.05 bits per heavy atom. The van der Waals surface area contributed by atoms with Crippen LogP contribution in [0.2, 0.25) is 0 Å². The lowest BCUT2D eigenvalue weighted by Gasteiger charge is -2.23. The summed E-state index contributed by atoms with van der Waals surface area (Å²) >= 11 is 1.72. The number of aromatic nitrogens is 2. The van der Waals surface area contributed by atoms with E-state index < -0.39 is 0 Å².